The molecule has 1 aromatic rings. The van der Waals surface area contributed by atoms with Gasteiger partial charge in [0.2, 0.25) is 5.91 Å². The Kier molecular flexibility index (Phi) is 7.33. The average Bonchev–Trinajstić information content (AvgIpc) is 3.11. The van der Waals surface area contributed by atoms with Crippen molar-refractivity contribution in [1.82, 2.24) is 10.2 Å². The van der Waals surface area contributed by atoms with Gasteiger partial charge in [-0.2, -0.15) is 0 Å². The summed E-state index contributed by atoms with van der Waals surface area (Å²) in [4.78, 5) is 15.6. The molecule has 25 heavy (non-hydrogen) atoms. The molecule has 2 fully saturated rings. The number of aryl methyl sites for hydroxylation is 1. The molecule has 1 N–H and O–H groups in total. The summed E-state index contributed by atoms with van der Waals surface area (Å²) in [7, 11) is 2.02. The lowest BCUT2D eigenvalue weighted by atomic mass is 9.76. The van der Waals surface area contributed by atoms with Gasteiger partial charge < -0.3 is 10.2 Å². The van der Waals surface area contributed by atoms with Gasteiger partial charge in [-0.3, -0.25) is 4.79 Å². The smallest absolute Gasteiger partial charge is 0.233 e. The lowest BCUT2D eigenvalue weighted by Gasteiger charge is -2.39. The number of hydrogen-bond acceptors (Lipinski definition) is 2. The summed E-state index contributed by atoms with van der Waals surface area (Å²) in [6.07, 6.45) is 7.97. The van der Waals surface area contributed by atoms with Gasteiger partial charge in [-0.15, -0.1) is 12.4 Å². The Labute approximate surface area is 159 Å². The summed E-state index contributed by atoms with van der Waals surface area (Å²) in [6, 6.07) is 8.66. The molecular weight excluding hydrogens is 332 g/mol. The fraction of sp³-hybridized carbons (Fsp3) is 0.667. The van der Waals surface area contributed by atoms with E-state index in [1.54, 1.807) is 0 Å². The van der Waals surface area contributed by atoms with Gasteiger partial charge in [-0.1, -0.05) is 42.7 Å². The Balaban J connectivity index is 0.00000225. The first-order chi connectivity index (χ1) is 11.7. The summed E-state index contributed by atoms with van der Waals surface area (Å²) in [5.74, 6) is 1.18. The van der Waals surface area contributed by atoms with Crippen molar-refractivity contribution in [1.29, 1.82) is 0 Å². The minimum absolute atomic E-state index is 0. The molecule has 1 saturated heterocycles. The van der Waals surface area contributed by atoms with Gasteiger partial charge in [0.1, 0.15) is 0 Å². The van der Waals surface area contributed by atoms with E-state index in [4.69, 9.17) is 0 Å². The van der Waals surface area contributed by atoms with Crippen molar-refractivity contribution >= 4 is 18.3 Å². The van der Waals surface area contributed by atoms with Gasteiger partial charge in [-0.05, 0) is 64.1 Å². The van der Waals surface area contributed by atoms with Gasteiger partial charge in [0.15, 0.2) is 0 Å². The molecule has 0 radical (unpaired) electrons. The van der Waals surface area contributed by atoms with Crippen LogP contribution < -0.4 is 5.32 Å². The minimum atomic E-state index is -0.246. The molecule has 0 bridgehead atoms. The van der Waals surface area contributed by atoms with Crippen LogP contribution >= 0.6 is 12.4 Å². The molecule has 1 heterocycles. The van der Waals surface area contributed by atoms with Crippen LogP contribution in [0.4, 0.5) is 0 Å². The van der Waals surface area contributed by atoms with E-state index in [0.29, 0.717) is 5.91 Å². The van der Waals surface area contributed by atoms with Crippen molar-refractivity contribution in [2.45, 2.75) is 57.3 Å². The number of carbonyl (C=O) groups excluding carboxylic acids is 1. The van der Waals surface area contributed by atoms with Crippen LogP contribution in [-0.2, 0) is 10.2 Å². The predicted octanol–water partition coefficient (Wildman–Crippen LogP) is 4.08. The third-order valence-electron chi connectivity index (χ3n) is 6.14. The number of halogens is 1. The Morgan fingerprint density at radius 1 is 1.24 bits per heavy atom. The van der Waals surface area contributed by atoms with Crippen molar-refractivity contribution in [2.24, 2.45) is 5.92 Å². The maximum absolute atomic E-state index is 13.5. The molecule has 2 aliphatic rings. The van der Waals surface area contributed by atoms with Crippen LogP contribution in [0.3, 0.4) is 0 Å². The highest BCUT2D eigenvalue weighted by atomic mass is 35.5. The third-order valence-corrected chi connectivity index (χ3v) is 6.14. The van der Waals surface area contributed by atoms with E-state index in [9.17, 15) is 4.79 Å². The number of benzene rings is 1. The lowest BCUT2D eigenvalue weighted by Crippen LogP contribution is -2.48. The number of nitrogens with one attached hydrogen (secondary N) is 1. The molecule has 1 saturated carbocycles. The number of nitrogens with zero attached hydrogens (tertiary/aromatic N) is 1. The number of piperidine rings is 1. The van der Waals surface area contributed by atoms with E-state index in [-0.39, 0.29) is 17.8 Å². The molecule has 0 spiro atoms. The van der Waals surface area contributed by atoms with Crippen LogP contribution in [0.1, 0.15) is 56.1 Å². The Morgan fingerprint density at radius 3 is 2.52 bits per heavy atom. The number of amides is 1. The Bertz CT molecular complexity index is 561. The van der Waals surface area contributed by atoms with E-state index in [1.165, 1.54) is 30.4 Å². The fourth-order valence-corrected chi connectivity index (χ4v) is 4.62. The molecule has 1 aliphatic heterocycles. The van der Waals surface area contributed by atoms with Crippen LogP contribution in [0, 0.1) is 12.8 Å². The van der Waals surface area contributed by atoms with Gasteiger partial charge in [0.25, 0.3) is 0 Å². The molecule has 0 atom stereocenters. The van der Waals surface area contributed by atoms with Crippen molar-refractivity contribution in [3.63, 3.8) is 0 Å². The summed E-state index contributed by atoms with van der Waals surface area (Å²) < 4.78 is 0. The molecule has 0 unspecified atom stereocenters. The van der Waals surface area contributed by atoms with Crippen LogP contribution in [0.2, 0.25) is 0 Å². The van der Waals surface area contributed by atoms with Crippen molar-refractivity contribution < 1.29 is 4.79 Å². The van der Waals surface area contributed by atoms with Crippen molar-refractivity contribution in [3.05, 3.63) is 35.4 Å². The van der Waals surface area contributed by atoms with Crippen LogP contribution in [0.5, 0.6) is 0 Å². The second-order valence-electron chi connectivity index (χ2n) is 7.79. The van der Waals surface area contributed by atoms with E-state index in [1.807, 2.05) is 7.05 Å². The van der Waals surface area contributed by atoms with Crippen molar-refractivity contribution in [3.8, 4) is 0 Å². The SMILES string of the molecule is CNCCC1CCN(C(=O)C2(c3cccc(C)c3)CCCC2)CC1.Cl. The molecule has 0 aromatic heterocycles. The first-order valence-electron chi connectivity index (χ1n) is 9.67. The van der Waals surface area contributed by atoms with Gasteiger partial charge in [0.05, 0.1) is 5.41 Å². The third kappa shape index (κ3) is 4.38. The average molecular weight is 365 g/mol. The maximum Gasteiger partial charge on any atom is 0.233 e. The molecule has 1 aliphatic carbocycles. The zero-order valence-electron chi connectivity index (χ0n) is 15.7. The van der Waals surface area contributed by atoms with Gasteiger partial charge in [0, 0.05) is 13.1 Å². The Hall–Kier alpha value is -1.06. The molecule has 3 nitrogen and oxygen atoms in total. The van der Waals surface area contributed by atoms with Crippen molar-refractivity contribution in [2.75, 3.05) is 26.7 Å². The highest BCUT2D eigenvalue weighted by molar-refractivity contribution is 5.88. The number of rotatable bonds is 5. The monoisotopic (exact) mass is 364 g/mol. The molecule has 3 rings (SSSR count). The summed E-state index contributed by atoms with van der Waals surface area (Å²) in [6.45, 7) is 5.11. The molecule has 4 heteroatoms. The quantitative estimate of drug-likeness (QED) is 0.853. The molecule has 140 valence electrons. The second kappa shape index (κ2) is 9.05. The largest absolute Gasteiger partial charge is 0.342 e. The predicted molar refractivity (Wildman–Crippen MR) is 106 cm³/mol. The highest BCUT2D eigenvalue weighted by Gasteiger charge is 2.45. The zero-order chi connectivity index (χ0) is 17.0. The van der Waals surface area contributed by atoms with Gasteiger partial charge in [-0.25, -0.2) is 0 Å². The number of likely N-dealkylation sites (tertiary alicyclic amines) is 1. The highest BCUT2D eigenvalue weighted by Crippen LogP contribution is 2.43. The number of carbonyl (C=O) groups is 1. The van der Waals surface area contributed by atoms with Gasteiger partial charge >= 0.3 is 0 Å². The van der Waals surface area contributed by atoms with E-state index in [2.05, 4.69) is 41.4 Å². The first kappa shape index (κ1) is 20.3. The second-order valence-corrected chi connectivity index (χ2v) is 7.79. The van der Waals surface area contributed by atoms with E-state index in [0.717, 1.165) is 51.2 Å². The summed E-state index contributed by atoms with van der Waals surface area (Å²) >= 11 is 0. The van der Waals surface area contributed by atoms with E-state index < -0.39 is 0 Å². The molecule has 1 amide bonds. The van der Waals surface area contributed by atoms with Crippen LogP contribution in [0.25, 0.3) is 0 Å². The Morgan fingerprint density at radius 2 is 1.92 bits per heavy atom. The number of hydrogen-bond donors (Lipinski definition) is 1. The topological polar surface area (TPSA) is 32.3 Å². The first-order valence-corrected chi connectivity index (χ1v) is 9.67. The fourth-order valence-electron chi connectivity index (χ4n) is 4.62. The summed E-state index contributed by atoms with van der Waals surface area (Å²) in [5, 5.41) is 3.25. The minimum Gasteiger partial charge on any atom is -0.342 e. The molecule has 1 aromatic carbocycles. The molecular formula is C21H33ClN2O. The van der Waals surface area contributed by atoms with E-state index >= 15 is 0 Å². The van der Waals surface area contributed by atoms with Crippen LogP contribution in [-0.4, -0.2) is 37.5 Å². The zero-order valence-corrected chi connectivity index (χ0v) is 16.5. The standard InChI is InChI=1S/C21H32N2O.ClH/c1-17-6-5-7-19(16-17)21(11-3-4-12-21)20(24)23-14-9-18(10-15-23)8-13-22-2;/h5-7,16,18,22H,3-4,8-15H2,1-2H3;1H. The lowest BCUT2D eigenvalue weighted by molar-refractivity contribution is -0.138. The normalized spacial score (nSPS) is 20.3. The summed E-state index contributed by atoms with van der Waals surface area (Å²) in [5.41, 5.74) is 2.27. The maximum atomic E-state index is 13.5. The van der Waals surface area contributed by atoms with Crippen LogP contribution in [0.15, 0.2) is 24.3 Å².